The monoisotopic (exact) mass is 320 g/mol. The van der Waals surface area contributed by atoms with Gasteiger partial charge in [0, 0.05) is 30.7 Å². The van der Waals surface area contributed by atoms with Crippen LogP contribution in [-0.2, 0) is 6.18 Å². The first-order valence-corrected chi connectivity index (χ1v) is 7.10. The summed E-state index contributed by atoms with van der Waals surface area (Å²) in [5, 5.41) is 3.19. The summed E-state index contributed by atoms with van der Waals surface area (Å²) < 4.78 is 39.2. The van der Waals surface area contributed by atoms with Gasteiger partial charge < -0.3 is 10.2 Å². The summed E-state index contributed by atoms with van der Waals surface area (Å²) in [7, 11) is 0. The number of alkyl halides is 3. The molecular weight excluding hydrogens is 305 g/mol. The maximum absolute atomic E-state index is 13.1. The highest BCUT2D eigenvalue weighted by Crippen LogP contribution is 2.34. The minimum atomic E-state index is -4.60. The van der Waals surface area contributed by atoms with Gasteiger partial charge in [0.15, 0.2) is 0 Å². The number of rotatable bonds is 2. The van der Waals surface area contributed by atoms with Gasteiger partial charge in [-0.15, -0.1) is 0 Å². The zero-order valence-corrected chi connectivity index (χ0v) is 12.3. The van der Waals surface area contributed by atoms with E-state index >= 15 is 0 Å². The third kappa shape index (κ3) is 3.68. The zero-order chi connectivity index (χ0) is 15.6. The fourth-order valence-electron chi connectivity index (χ4n) is 2.39. The smallest absolute Gasteiger partial charge is 0.336 e. The van der Waals surface area contributed by atoms with E-state index in [2.05, 4.69) is 5.32 Å². The number of halogens is 4. The highest BCUT2D eigenvalue weighted by molar-refractivity contribution is 6.30. The van der Waals surface area contributed by atoms with E-state index in [4.69, 9.17) is 11.6 Å². The number of benzene rings is 1. The first-order valence-electron chi connectivity index (χ1n) is 6.72. The number of amides is 1. The van der Waals surface area contributed by atoms with Crippen molar-refractivity contribution in [2.75, 3.05) is 19.6 Å². The molecule has 1 fully saturated rings. The third-order valence-corrected chi connectivity index (χ3v) is 3.79. The Kier molecular flexibility index (Phi) is 4.78. The molecule has 0 radical (unpaired) electrons. The van der Waals surface area contributed by atoms with E-state index in [1.54, 1.807) is 0 Å². The fourth-order valence-corrected chi connectivity index (χ4v) is 2.56. The Hall–Kier alpha value is -1.27. The van der Waals surface area contributed by atoms with Crippen molar-refractivity contribution in [1.29, 1.82) is 0 Å². The van der Waals surface area contributed by atoms with Crippen molar-refractivity contribution < 1.29 is 18.0 Å². The second-order valence-corrected chi connectivity index (χ2v) is 5.43. The number of hydrogen-bond donors (Lipinski definition) is 1. The number of hydrogen-bond acceptors (Lipinski definition) is 2. The van der Waals surface area contributed by atoms with Crippen LogP contribution < -0.4 is 5.32 Å². The van der Waals surface area contributed by atoms with Gasteiger partial charge in [0.05, 0.1) is 11.1 Å². The van der Waals surface area contributed by atoms with Crippen LogP contribution in [0.15, 0.2) is 18.2 Å². The molecule has 3 nitrogen and oxygen atoms in total. The number of carbonyl (C=O) groups excluding carboxylic acids is 1. The Bertz CT molecular complexity index is 533. The molecule has 116 valence electrons. The second-order valence-electron chi connectivity index (χ2n) is 5.00. The van der Waals surface area contributed by atoms with Crippen LogP contribution in [-0.4, -0.2) is 36.5 Å². The summed E-state index contributed by atoms with van der Waals surface area (Å²) in [6.45, 7) is 3.36. The van der Waals surface area contributed by atoms with E-state index in [-0.39, 0.29) is 16.6 Å². The molecule has 1 aromatic carbocycles. The Morgan fingerprint density at radius 2 is 2.19 bits per heavy atom. The van der Waals surface area contributed by atoms with Crippen molar-refractivity contribution in [1.82, 2.24) is 10.2 Å². The topological polar surface area (TPSA) is 32.3 Å². The Labute approximate surface area is 126 Å². The summed E-state index contributed by atoms with van der Waals surface area (Å²) in [5.41, 5.74) is -1.32. The van der Waals surface area contributed by atoms with E-state index < -0.39 is 17.6 Å². The number of carbonyl (C=O) groups is 1. The molecule has 0 bridgehead atoms. The van der Waals surface area contributed by atoms with Crippen molar-refractivity contribution in [2.24, 2.45) is 0 Å². The van der Waals surface area contributed by atoms with Crippen LogP contribution in [0.4, 0.5) is 13.2 Å². The van der Waals surface area contributed by atoms with Gasteiger partial charge in [-0.1, -0.05) is 18.5 Å². The van der Waals surface area contributed by atoms with Crippen molar-refractivity contribution in [3.63, 3.8) is 0 Å². The Morgan fingerprint density at radius 1 is 1.48 bits per heavy atom. The highest BCUT2D eigenvalue weighted by Gasteiger charge is 2.37. The first kappa shape index (κ1) is 16.1. The second kappa shape index (κ2) is 6.23. The quantitative estimate of drug-likeness (QED) is 0.907. The summed E-state index contributed by atoms with van der Waals surface area (Å²) in [5.74, 6) is -0.598. The van der Waals surface area contributed by atoms with Gasteiger partial charge in [-0.25, -0.2) is 0 Å². The van der Waals surface area contributed by atoms with Gasteiger partial charge in [-0.2, -0.15) is 13.2 Å². The predicted octanol–water partition coefficient (Wildman–Crippen LogP) is 3.18. The molecule has 1 aliphatic heterocycles. The van der Waals surface area contributed by atoms with Gasteiger partial charge >= 0.3 is 6.18 Å². The normalized spacial score (nSPS) is 19.7. The van der Waals surface area contributed by atoms with Crippen LogP contribution in [0, 0.1) is 0 Å². The lowest BCUT2D eigenvalue weighted by Gasteiger charge is -2.33. The standard InChI is InChI=1S/C14H16ClF3N2O/c1-2-10-8-20(6-5-19-10)13(21)11-4-3-9(15)7-12(11)14(16,17)18/h3-4,7,10,19H,2,5-6,8H2,1H3/t10-/m1/s1. The zero-order valence-electron chi connectivity index (χ0n) is 11.5. The Balaban J connectivity index is 2.31. The predicted molar refractivity (Wildman–Crippen MR) is 74.4 cm³/mol. The summed E-state index contributed by atoms with van der Waals surface area (Å²) in [6.07, 6.45) is -3.79. The molecule has 21 heavy (non-hydrogen) atoms. The third-order valence-electron chi connectivity index (χ3n) is 3.55. The minimum Gasteiger partial charge on any atom is -0.336 e. The molecule has 0 unspecified atom stereocenters. The van der Waals surface area contributed by atoms with Crippen LogP contribution in [0.5, 0.6) is 0 Å². The molecule has 2 rings (SSSR count). The van der Waals surface area contributed by atoms with E-state index in [0.29, 0.717) is 19.6 Å². The molecule has 1 aliphatic rings. The minimum absolute atomic E-state index is 0.0365. The van der Waals surface area contributed by atoms with Gasteiger partial charge in [-0.3, -0.25) is 4.79 Å². The average Bonchev–Trinajstić information content (AvgIpc) is 2.45. The molecule has 0 spiro atoms. The molecule has 1 saturated heterocycles. The number of piperazine rings is 1. The molecule has 1 amide bonds. The number of nitrogens with one attached hydrogen (secondary N) is 1. The van der Waals surface area contributed by atoms with Crippen molar-refractivity contribution in [3.05, 3.63) is 34.3 Å². The van der Waals surface area contributed by atoms with Crippen LogP contribution in [0.2, 0.25) is 5.02 Å². The first-order chi connectivity index (χ1) is 9.82. The average molecular weight is 321 g/mol. The molecule has 0 aromatic heterocycles. The summed E-state index contributed by atoms with van der Waals surface area (Å²) in [6, 6.07) is 3.37. The van der Waals surface area contributed by atoms with Crippen LogP contribution in [0.3, 0.4) is 0 Å². The molecule has 0 saturated carbocycles. The maximum Gasteiger partial charge on any atom is 0.417 e. The molecule has 1 N–H and O–H groups in total. The summed E-state index contributed by atoms with van der Waals surface area (Å²) in [4.78, 5) is 13.9. The lowest BCUT2D eigenvalue weighted by atomic mass is 10.0. The molecule has 7 heteroatoms. The molecular formula is C14H16ClF3N2O. The van der Waals surface area contributed by atoms with Crippen molar-refractivity contribution in [2.45, 2.75) is 25.6 Å². The largest absolute Gasteiger partial charge is 0.417 e. The number of nitrogens with zero attached hydrogens (tertiary/aromatic N) is 1. The fraction of sp³-hybridized carbons (Fsp3) is 0.500. The van der Waals surface area contributed by atoms with Gasteiger partial charge in [0.1, 0.15) is 0 Å². The van der Waals surface area contributed by atoms with E-state index in [1.165, 1.54) is 11.0 Å². The van der Waals surface area contributed by atoms with Gasteiger partial charge in [0.2, 0.25) is 0 Å². The summed E-state index contributed by atoms with van der Waals surface area (Å²) >= 11 is 5.62. The maximum atomic E-state index is 13.1. The van der Waals surface area contributed by atoms with Crippen molar-refractivity contribution >= 4 is 17.5 Å². The van der Waals surface area contributed by atoms with E-state index in [0.717, 1.165) is 18.6 Å². The van der Waals surface area contributed by atoms with Crippen LogP contribution in [0.1, 0.15) is 29.3 Å². The van der Waals surface area contributed by atoms with E-state index in [1.807, 2.05) is 6.92 Å². The Morgan fingerprint density at radius 3 is 2.81 bits per heavy atom. The van der Waals surface area contributed by atoms with Crippen LogP contribution >= 0.6 is 11.6 Å². The van der Waals surface area contributed by atoms with Crippen molar-refractivity contribution in [3.8, 4) is 0 Å². The van der Waals surface area contributed by atoms with Gasteiger partial charge in [0.25, 0.3) is 5.91 Å². The highest BCUT2D eigenvalue weighted by atomic mass is 35.5. The molecule has 0 aliphatic carbocycles. The molecule has 1 aromatic rings. The van der Waals surface area contributed by atoms with Crippen LogP contribution in [0.25, 0.3) is 0 Å². The molecule has 1 atom stereocenters. The lowest BCUT2D eigenvalue weighted by Crippen LogP contribution is -2.52. The van der Waals surface area contributed by atoms with E-state index in [9.17, 15) is 18.0 Å². The lowest BCUT2D eigenvalue weighted by molar-refractivity contribution is -0.138. The van der Waals surface area contributed by atoms with Gasteiger partial charge in [-0.05, 0) is 24.6 Å². The SMILES string of the molecule is CC[C@@H]1CN(C(=O)c2ccc(Cl)cc2C(F)(F)F)CCN1. The molecule has 1 heterocycles.